The molecule has 1 saturated heterocycles. The molecule has 1 fully saturated rings. The van der Waals surface area contributed by atoms with Crippen molar-refractivity contribution >= 4 is 31.8 Å². The first-order chi connectivity index (χ1) is 27.7. The van der Waals surface area contributed by atoms with Gasteiger partial charge in [-0.15, -0.1) is 11.8 Å². The molecule has 1 aliphatic heterocycles. The van der Waals surface area contributed by atoms with Gasteiger partial charge in [-0.05, 0) is 76.4 Å². The molecule has 9 nitrogen and oxygen atoms in total. The maximum atomic E-state index is 15.7. The molecule has 0 radical (unpaired) electrons. The van der Waals surface area contributed by atoms with Crippen molar-refractivity contribution in [3.8, 4) is 11.6 Å². The number of ketones is 1. The highest BCUT2D eigenvalue weighted by Gasteiger charge is 2.66. The zero-order valence-electron chi connectivity index (χ0n) is 32.9. The Kier molecular flexibility index (Phi) is 11.2. The van der Waals surface area contributed by atoms with Gasteiger partial charge in [-0.2, -0.15) is 0 Å². The molecule has 3 aliphatic rings. The van der Waals surface area contributed by atoms with Crippen molar-refractivity contribution < 1.29 is 32.7 Å². The van der Waals surface area contributed by atoms with Crippen LogP contribution in [0.2, 0.25) is 18.1 Å². The number of nitrogens with two attached hydrogens (primary N) is 1. The second-order valence-corrected chi connectivity index (χ2v) is 21.6. The quantitative estimate of drug-likeness (QED) is 0.0909. The molecule has 2 aliphatic carbocycles. The predicted octanol–water partition coefficient (Wildman–Crippen LogP) is 9.99. The van der Waals surface area contributed by atoms with E-state index in [1.807, 2.05) is 103 Å². The molecule has 1 unspecified atom stereocenters. The van der Waals surface area contributed by atoms with Crippen LogP contribution in [0, 0.1) is 11.8 Å². The molecule has 0 bridgehead atoms. The van der Waals surface area contributed by atoms with Crippen molar-refractivity contribution in [1.82, 2.24) is 5.16 Å². The van der Waals surface area contributed by atoms with Gasteiger partial charge in [0.25, 0.3) is 5.88 Å². The fourth-order valence-corrected chi connectivity index (χ4v) is 13.6. The Hall–Kier alpha value is -4.68. The lowest BCUT2D eigenvalue weighted by molar-refractivity contribution is -0.155. The number of ether oxygens (including phenoxy) is 3. The molecule has 0 spiro atoms. The van der Waals surface area contributed by atoms with Crippen molar-refractivity contribution in [1.29, 1.82) is 0 Å². The zero-order valence-corrected chi connectivity index (χ0v) is 34.7. The highest BCUT2D eigenvalue weighted by atomic mass is 32.2. The van der Waals surface area contributed by atoms with Crippen LogP contribution >= 0.6 is 11.8 Å². The topological polar surface area (TPSA) is 123 Å². The molecule has 0 saturated carbocycles. The standard InChI is InChI=1S/C46H50N2O7SSi/c1-5-57(6-2,7-3)55-43-37-33(24-17-25-36(37)51-27-30-18-11-8-12-19-30)29(4)35-26-34-39(47)42-38(44(48-54-42)52-28-31-20-13-9-14-21-31)40(49)41(34)53-45(50)46(35,43)56-32-22-15-10-16-23-32/h8-25,29,34-35,39,41,43H,5-7,26-28,47H2,1-4H3/t29-,34-,35-,39-,41+,43?,46+/m0/s1. The summed E-state index contributed by atoms with van der Waals surface area (Å²) in [6.45, 7) is 9.29. The summed E-state index contributed by atoms with van der Waals surface area (Å²) in [7, 11) is -2.45. The van der Waals surface area contributed by atoms with Gasteiger partial charge < -0.3 is 28.9 Å². The number of aromatic nitrogens is 1. The number of carbonyl (C=O) groups is 2. The fourth-order valence-electron chi connectivity index (χ4n) is 9.18. The van der Waals surface area contributed by atoms with Crippen molar-refractivity contribution in [3.63, 3.8) is 0 Å². The number of Topliss-reactive ketones (excluding diaryl/α,β-unsaturated/α-hetero) is 1. The van der Waals surface area contributed by atoms with Crippen LogP contribution in [0.4, 0.5) is 0 Å². The van der Waals surface area contributed by atoms with E-state index in [-0.39, 0.29) is 35.6 Å². The second-order valence-electron chi connectivity index (χ2n) is 15.5. The summed E-state index contributed by atoms with van der Waals surface area (Å²) < 4.78 is 31.6. The van der Waals surface area contributed by atoms with Crippen LogP contribution < -0.4 is 15.2 Å². The molecule has 4 aromatic carbocycles. The molecule has 2 heterocycles. The molecule has 7 atom stereocenters. The van der Waals surface area contributed by atoms with Crippen LogP contribution in [-0.2, 0) is 27.2 Å². The smallest absolute Gasteiger partial charge is 0.326 e. The number of esters is 1. The molecular formula is C46H50N2O7SSi. The van der Waals surface area contributed by atoms with E-state index < -0.39 is 49.0 Å². The van der Waals surface area contributed by atoms with Gasteiger partial charge in [-0.3, -0.25) is 9.59 Å². The van der Waals surface area contributed by atoms with Gasteiger partial charge in [-0.1, -0.05) is 119 Å². The summed E-state index contributed by atoms with van der Waals surface area (Å²) in [5, 5.41) is 4.17. The Morgan fingerprint density at radius 1 is 0.825 bits per heavy atom. The van der Waals surface area contributed by atoms with Crippen molar-refractivity contribution in [2.45, 2.75) is 99.3 Å². The number of nitrogens with zero attached hydrogens (tertiary/aromatic N) is 1. The number of carbonyl (C=O) groups excluding carboxylic acids is 2. The van der Waals surface area contributed by atoms with Gasteiger partial charge in [0.1, 0.15) is 30.6 Å². The van der Waals surface area contributed by atoms with Crippen molar-refractivity contribution in [3.05, 3.63) is 143 Å². The number of benzene rings is 4. The molecule has 5 aromatic rings. The average molecular weight is 803 g/mol. The fraction of sp³-hybridized carbons (Fsp3) is 0.370. The molecular weight excluding hydrogens is 753 g/mol. The minimum atomic E-state index is -2.45. The maximum Gasteiger partial charge on any atom is 0.326 e. The van der Waals surface area contributed by atoms with Crippen molar-refractivity contribution in [2.24, 2.45) is 17.6 Å². The lowest BCUT2D eigenvalue weighted by atomic mass is 9.63. The molecule has 57 heavy (non-hydrogen) atoms. The van der Waals surface area contributed by atoms with Gasteiger partial charge in [0.2, 0.25) is 5.78 Å². The highest BCUT2D eigenvalue weighted by Crippen LogP contribution is 2.64. The summed E-state index contributed by atoms with van der Waals surface area (Å²) >= 11 is 1.49. The normalized spacial score (nSPS) is 25.3. The predicted molar refractivity (Wildman–Crippen MR) is 222 cm³/mol. The molecule has 0 amide bonds. The van der Waals surface area contributed by atoms with Gasteiger partial charge in [0.05, 0.1) is 6.04 Å². The van der Waals surface area contributed by atoms with Gasteiger partial charge in [-0.25, -0.2) is 0 Å². The zero-order chi connectivity index (χ0) is 39.7. The van der Waals surface area contributed by atoms with Crippen LogP contribution in [-0.4, -0.2) is 36.1 Å². The summed E-state index contributed by atoms with van der Waals surface area (Å²) in [5.74, 6) is -1.04. The Bertz CT molecular complexity index is 2190. The van der Waals surface area contributed by atoms with E-state index in [1.54, 1.807) is 0 Å². The van der Waals surface area contributed by atoms with Gasteiger partial charge >= 0.3 is 5.97 Å². The lowest BCUT2D eigenvalue weighted by Gasteiger charge is -2.52. The largest absolute Gasteiger partial charge is 0.489 e. The van der Waals surface area contributed by atoms with E-state index in [1.165, 1.54) is 11.8 Å². The number of hydrogen-bond donors (Lipinski definition) is 1. The maximum absolute atomic E-state index is 15.7. The molecule has 11 heteroatoms. The van der Waals surface area contributed by atoms with Gasteiger partial charge in [0.15, 0.2) is 24.9 Å². The molecule has 8 rings (SSSR count). The number of thioether (sulfide) groups is 1. The van der Waals surface area contributed by atoms with Crippen LogP contribution in [0.25, 0.3) is 0 Å². The summed E-state index contributed by atoms with van der Waals surface area (Å²) in [5.41, 5.74) is 11.1. The lowest BCUT2D eigenvalue weighted by Crippen LogP contribution is -2.56. The third kappa shape index (κ3) is 7.02. The molecule has 2 N–H and O–H groups in total. The van der Waals surface area contributed by atoms with Crippen LogP contribution in [0.1, 0.15) is 90.6 Å². The summed E-state index contributed by atoms with van der Waals surface area (Å²) in [6, 6.07) is 37.6. The van der Waals surface area contributed by atoms with Gasteiger partial charge in [0, 0.05) is 16.4 Å². The van der Waals surface area contributed by atoms with Crippen LogP contribution in [0.3, 0.4) is 0 Å². The monoisotopic (exact) mass is 802 g/mol. The third-order valence-electron chi connectivity index (χ3n) is 12.6. The molecule has 296 valence electrons. The van der Waals surface area contributed by atoms with E-state index in [0.29, 0.717) is 18.8 Å². The first kappa shape index (κ1) is 39.2. The Morgan fingerprint density at radius 2 is 1.44 bits per heavy atom. The van der Waals surface area contributed by atoms with E-state index in [4.69, 9.17) is 28.9 Å². The van der Waals surface area contributed by atoms with Crippen LogP contribution in [0.5, 0.6) is 11.6 Å². The first-order valence-electron chi connectivity index (χ1n) is 20.1. The Labute approximate surface area is 339 Å². The number of fused-ring (bicyclic) bond motifs is 4. The van der Waals surface area contributed by atoms with E-state index in [0.717, 1.165) is 45.3 Å². The van der Waals surface area contributed by atoms with Crippen LogP contribution in [0.15, 0.2) is 119 Å². The average Bonchev–Trinajstić information content (AvgIpc) is 3.63. The highest BCUT2D eigenvalue weighted by molar-refractivity contribution is 8.01. The molecule has 1 aromatic heterocycles. The SMILES string of the molecule is CC[Si](CC)(CC)OC1c2c(OCc3ccccc3)cccc2[C@H](C)[C@@H]2C[C@H]3[C@H](N)c4onc(OCc5ccccc5)c4C(=O)[C@@H]3OC(=O)[C@]12Sc1ccccc1. The Balaban J connectivity index is 1.27. The van der Waals surface area contributed by atoms with E-state index in [2.05, 4.69) is 38.9 Å². The number of rotatable bonds is 13. The summed E-state index contributed by atoms with van der Waals surface area (Å²) in [4.78, 5) is 31.3. The second kappa shape index (κ2) is 16.3. The minimum Gasteiger partial charge on any atom is -0.489 e. The van der Waals surface area contributed by atoms with E-state index in [9.17, 15) is 4.79 Å². The third-order valence-corrected chi connectivity index (χ3v) is 18.7. The number of hydrogen-bond acceptors (Lipinski definition) is 10. The summed E-state index contributed by atoms with van der Waals surface area (Å²) in [6.07, 6.45) is -1.52. The first-order valence-corrected chi connectivity index (χ1v) is 23.5. The minimum absolute atomic E-state index is 0.0469. The van der Waals surface area contributed by atoms with E-state index >= 15 is 4.79 Å². The van der Waals surface area contributed by atoms with Crippen molar-refractivity contribution in [2.75, 3.05) is 0 Å². The Morgan fingerprint density at radius 3 is 2.07 bits per heavy atom.